The molecule has 168 valence electrons. The van der Waals surface area contributed by atoms with Crippen molar-refractivity contribution in [1.82, 2.24) is 4.98 Å². The summed E-state index contributed by atoms with van der Waals surface area (Å²) in [6.07, 6.45) is 3.08. The highest BCUT2D eigenvalue weighted by Gasteiger charge is 2.47. The highest BCUT2D eigenvalue weighted by molar-refractivity contribution is 6.51. The lowest BCUT2D eigenvalue weighted by atomic mass is 9.96. The van der Waals surface area contributed by atoms with E-state index >= 15 is 0 Å². The Morgan fingerprint density at radius 1 is 1.12 bits per heavy atom. The van der Waals surface area contributed by atoms with E-state index in [1.54, 1.807) is 48.7 Å². The largest absolute Gasteiger partial charge is 0.507 e. The highest BCUT2D eigenvalue weighted by Crippen LogP contribution is 2.42. The van der Waals surface area contributed by atoms with Gasteiger partial charge in [0.1, 0.15) is 17.3 Å². The molecule has 1 atom stereocenters. The normalized spacial score (nSPS) is 17.6. The number of carbonyl (C=O) groups excluding carboxylic acids is 2. The Labute approximate surface area is 191 Å². The number of benzene rings is 2. The van der Waals surface area contributed by atoms with E-state index in [4.69, 9.17) is 4.74 Å². The van der Waals surface area contributed by atoms with Crippen molar-refractivity contribution >= 4 is 23.1 Å². The van der Waals surface area contributed by atoms with Gasteiger partial charge in [0.2, 0.25) is 0 Å². The molecule has 0 saturated carbocycles. The summed E-state index contributed by atoms with van der Waals surface area (Å²) in [6, 6.07) is 14.5. The number of ketones is 1. The standard InChI is InChI=1S/C26H23FN2O4/c1-16(2)15-33-21-10-8-17(9-11-21)24(30)22-23(18-5-4-12-28-14-18)29(26(32)25(22)31)20-7-3-6-19(27)13-20/h3-14,16,23,30H,15H2,1-2H3/b24-22+. The van der Waals surface area contributed by atoms with Crippen LogP contribution in [-0.2, 0) is 9.59 Å². The minimum atomic E-state index is -0.961. The van der Waals surface area contributed by atoms with Crippen molar-refractivity contribution in [2.75, 3.05) is 11.5 Å². The second kappa shape index (κ2) is 9.24. The zero-order chi connectivity index (χ0) is 23.5. The number of hydrogen-bond donors (Lipinski definition) is 1. The molecule has 0 radical (unpaired) electrons. The van der Waals surface area contributed by atoms with Crippen LogP contribution in [0, 0.1) is 11.7 Å². The van der Waals surface area contributed by atoms with Crippen LogP contribution in [0.5, 0.6) is 5.75 Å². The maximum absolute atomic E-state index is 13.9. The molecule has 1 fully saturated rings. The van der Waals surface area contributed by atoms with E-state index in [2.05, 4.69) is 4.98 Å². The molecule has 0 spiro atoms. The summed E-state index contributed by atoms with van der Waals surface area (Å²) < 4.78 is 19.6. The van der Waals surface area contributed by atoms with Gasteiger partial charge in [-0.15, -0.1) is 0 Å². The fourth-order valence-corrected chi connectivity index (χ4v) is 3.71. The van der Waals surface area contributed by atoms with Crippen LogP contribution in [0.4, 0.5) is 10.1 Å². The minimum Gasteiger partial charge on any atom is -0.507 e. The topological polar surface area (TPSA) is 79.7 Å². The number of rotatable bonds is 6. The van der Waals surface area contributed by atoms with Gasteiger partial charge in [0.25, 0.3) is 11.7 Å². The number of amides is 1. The highest BCUT2D eigenvalue weighted by atomic mass is 19.1. The van der Waals surface area contributed by atoms with Crippen LogP contribution in [0.15, 0.2) is 78.6 Å². The first kappa shape index (κ1) is 22.2. The summed E-state index contributed by atoms with van der Waals surface area (Å²) >= 11 is 0. The van der Waals surface area contributed by atoms with Gasteiger partial charge in [0.15, 0.2) is 0 Å². The number of aliphatic hydroxyl groups is 1. The average Bonchev–Trinajstić information content (AvgIpc) is 3.08. The monoisotopic (exact) mass is 446 g/mol. The van der Waals surface area contributed by atoms with Gasteiger partial charge in [0.05, 0.1) is 18.2 Å². The molecule has 2 aromatic carbocycles. The Bertz CT molecular complexity index is 1210. The summed E-state index contributed by atoms with van der Waals surface area (Å²) in [4.78, 5) is 31.4. The average molecular weight is 446 g/mol. The molecule has 6 nitrogen and oxygen atoms in total. The molecule has 33 heavy (non-hydrogen) atoms. The molecule has 1 saturated heterocycles. The van der Waals surface area contributed by atoms with Crippen LogP contribution >= 0.6 is 0 Å². The van der Waals surface area contributed by atoms with Crippen LogP contribution < -0.4 is 9.64 Å². The molecule has 1 amide bonds. The summed E-state index contributed by atoms with van der Waals surface area (Å²) in [5, 5.41) is 11.1. The molecule has 1 aromatic heterocycles. The first-order valence-electron chi connectivity index (χ1n) is 10.6. The second-order valence-electron chi connectivity index (χ2n) is 8.16. The third kappa shape index (κ3) is 4.48. The third-order valence-electron chi connectivity index (χ3n) is 5.24. The molecular formula is C26H23FN2O4. The number of aromatic nitrogens is 1. The van der Waals surface area contributed by atoms with Gasteiger partial charge in [-0.05, 0) is 60.0 Å². The Morgan fingerprint density at radius 3 is 2.52 bits per heavy atom. The number of ether oxygens (including phenoxy) is 1. The summed E-state index contributed by atoms with van der Waals surface area (Å²) in [5.74, 6) is -1.59. The fraction of sp³-hybridized carbons (Fsp3) is 0.192. The van der Waals surface area contributed by atoms with E-state index in [1.165, 1.54) is 29.3 Å². The molecule has 4 rings (SSSR count). The van der Waals surface area contributed by atoms with Gasteiger partial charge in [-0.25, -0.2) is 4.39 Å². The van der Waals surface area contributed by atoms with Gasteiger partial charge in [0, 0.05) is 23.6 Å². The molecule has 7 heteroatoms. The fourth-order valence-electron chi connectivity index (χ4n) is 3.71. The molecule has 2 heterocycles. The summed E-state index contributed by atoms with van der Waals surface area (Å²) in [7, 11) is 0. The molecule has 0 bridgehead atoms. The maximum atomic E-state index is 13.9. The Kier molecular flexibility index (Phi) is 6.22. The van der Waals surface area contributed by atoms with E-state index in [0.717, 1.165) is 0 Å². The predicted octanol–water partition coefficient (Wildman–Crippen LogP) is 4.88. The van der Waals surface area contributed by atoms with E-state index in [-0.39, 0.29) is 17.0 Å². The van der Waals surface area contributed by atoms with E-state index in [1.807, 2.05) is 13.8 Å². The predicted molar refractivity (Wildman–Crippen MR) is 122 cm³/mol. The molecular weight excluding hydrogens is 423 g/mol. The van der Waals surface area contributed by atoms with Crippen molar-refractivity contribution < 1.29 is 23.8 Å². The van der Waals surface area contributed by atoms with E-state index < -0.39 is 23.5 Å². The molecule has 1 aliphatic heterocycles. The van der Waals surface area contributed by atoms with E-state index in [0.29, 0.717) is 29.4 Å². The van der Waals surface area contributed by atoms with Crippen molar-refractivity contribution in [2.45, 2.75) is 19.9 Å². The summed E-state index contributed by atoms with van der Waals surface area (Å²) in [5.41, 5.74) is 0.993. The first-order chi connectivity index (χ1) is 15.9. The molecule has 1 N–H and O–H groups in total. The van der Waals surface area contributed by atoms with Gasteiger partial charge in [-0.2, -0.15) is 0 Å². The second-order valence-corrected chi connectivity index (χ2v) is 8.16. The SMILES string of the molecule is CC(C)COc1ccc(/C(O)=C2\C(=O)C(=O)N(c3cccc(F)c3)C2c2cccnc2)cc1. The lowest BCUT2D eigenvalue weighted by Gasteiger charge is -2.25. The van der Waals surface area contributed by atoms with Crippen LogP contribution in [0.3, 0.4) is 0 Å². The van der Waals surface area contributed by atoms with Crippen molar-refractivity contribution in [2.24, 2.45) is 5.92 Å². The quantitative estimate of drug-likeness (QED) is 0.332. The molecule has 3 aromatic rings. The lowest BCUT2D eigenvalue weighted by Crippen LogP contribution is -2.29. The van der Waals surface area contributed by atoms with Crippen LogP contribution in [0.2, 0.25) is 0 Å². The van der Waals surface area contributed by atoms with Crippen LogP contribution in [0.1, 0.15) is 31.0 Å². The number of aliphatic hydroxyl groups excluding tert-OH is 1. The molecule has 1 aliphatic rings. The number of carbonyl (C=O) groups is 2. The van der Waals surface area contributed by atoms with Gasteiger partial charge < -0.3 is 9.84 Å². The smallest absolute Gasteiger partial charge is 0.300 e. The number of halogens is 1. The maximum Gasteiger partial charge on any atom is 0.300 e. The number of hydrogen-bond acceptors (Lipinski definition) is 5. The minimum absolute atomic E-state index is 0.0897. The van der Waals surface area contributed by atoms with Gasteiger partial charge in [-0.1, -0.05) is 26.0 Å². The number of pyridine rings is 1. The Morgan fingerprint density at radius 2 is 1.88 bits per heavy atom. The third-order valence-corrected chi connectivity index (χ3v) is 5.24. The number of Topliss-reactive ketones (excluding diaryl/α,β-unsaturated/α-hetero) is 1. The van der Waals surface area contributed by atoms with Gasteiger partial charge in [-0.3, -0.25) is 19.5 Å². The first-order valence-corrected chi connectivity index (χ1v) is 10.6. The van der Waals surface area contributed by atoms with Gasteiger partial charge >= 0.3 is 0 Å². The number of anilines is 1. The van der Waals surface area contributed by atoms with Crippen molar-refractivity contribution in [1.29, 1.82) is 0 Å². The Balaban J connectivity index is 1.80. The summed E-state index contributed by atoms with van der Waals surface area (Å²) in [6.45, 7) is 4.62. The van der Waals surface area contributed by atoms with E-state index in [9.17, 15) is 19.1 Å². The zero-order valence-electron chi connectivity index (χ0n) is 18.2. The van der Waals surface area contributed by atoms with Crippen molar-refractivity contribution in [3.05, 3.63) is 95.6 Å². The van der Waals surface area contributed by atoms with Crippen LogP contribution in [-0.4, -0.2) is 28.4 Å². The lowest BCUT2D eigenvalue weighted by molar-refractivity contribution is -0.132. The van der Waals surface area contributed by atoms with Crippen LogP contribution in [0.25, 0.3) is 5.76 Å². The van der Waals surface area contributed by atoms with Crippen molar-refractivity contribution in [3.8, 4) is 5.75 Å². The zero-order valence-corrected chi connectivity index (χ0v) is 18.2. The Hall–Kier alpha value is -4.00. The molecule has 0 aliphatic carbocycles. The molecule has 1 unspecified atom stereocenters. The number of nitrogens with zero attached hydrogens (tertiary/aromatic N) is 2. The van der Waals surface area contributed by atoms with Crippen molar-refractivity contribution in [3.63, 3.8) is 0 Å².